The van der Waals surface area contributed by atoms with E-state index in [1.807, 2.05) is 32.0 Å². The standard InChI is InChI=1S/C16H23ClN2O2/c1-16(2,11-20)7-3-8-18-15(21)19-9-6-12-4-5-13(17)10-14(12)19/h4-5,10,20H,3,6-9,11H2,1-2H3,(H,18,21). The lowest BCUT2D eigenvalue weighted by Crippen LogP contribution is -2.39. The maximum absolute atomic E-state index is 12.2. The number of nitrogens with one attached hydrogen (secondary N) is 1. The molecule has 0 atom stereocenters. The molecular formula is C16H23ClN2O2. The number of nitrogens with zero attached hydrogens (tertiary/aromatic N) is 1. The lowest BCUT2D eigenvalue weighted by Gasteiger charge is -2.22. The number of benzene rings is 1. The van der Waals surface area contributed by atoms with Crippen LogP contribution in [0.2, 0.25) is 5.02 Å². The van der Waals surface area contributed by atoms with Gasteiger partial charge in [-0.15, -0.1) is 0 Å². The number of amides is 2. The monoisotopic (exact) mass is 310 g/mol. The zero-order valence-electron chi connectivity index (χ0n) is 12.7. The van der Waals surface area contributed by atoms with Gasteiger partial charge in [-0.2, -0.15) is 0 Å². The van der Waals surface area contributed by atoms with Gasteiger partial charge in [-0.1, -0.05) is 31.5 Å². The van der Waals surface area contributed by atoms with Crippen molar-refractivity contribution in [3.8, 4) is 0 Å². The van der Waals surface area contributed by atoms with Crippen molar-refractivity contribution in [2.75, 3.05) is 24.6 Å². The van der Waals surface area contributed by atoms with Crippen LogP contribution in [0, 0.1) is 5.41 Å². The molecule has 1 aliphatic rings. The number of carbonyl (C=O) groups excluding carboxylic acids is 1. The van der Waals surface area contributed by atoms with Gasteiger partial charge < -0.3 is 10.4 Å². The van der Waals surface area contributed by atoms with E-state index in [9.17, 15) is 9.90 Å². The molecule has 4 nitrogen and oxygen atoms in total. The van der Waals surface area contributed by atoms with Gasteiger partial charge >= 0.3 is 6.03 Å². The maximum Gasteiger partial charge on any atom is 0.321 e. The van der Waals surface area contributed by atoms with Crippen LogP contribution in [-0.2, 0) is 6.42 Å². The molecule has 1 aliphatic heterocycles. The highest BCUT2D eigenvalue weighted by molar-refractivity contribution is 6.31. The Hall–Kier alpha value is -1.26. The molecule has 21 heavy (non-hydrogen) atoms. The van der Waals surface area contributed by atoms with Crippen molar-refractivity contribution in [1.82, 2.24) is 5.32 Å². The molecule has 0 aromatic heterocycles. The van der Waals surface area contributed by atoms with E-state index in [1.54, 1.807) is 4.90 Å². The summed E-state index contributed by atoms with van der Waals surface area (Å²) in [7, 11) is 0. The Bertz CT molecular complexity index is 517. The Kier molecular flexibility index (Phi) is 5.12. The summed E-state index contributed by atoms with van der Waals surface area (Å²) in [6, 6.07) is 5.61. The van der Waals surface area contributed by atoms with Gasteiger partial charge in [0.25, 0.3) is 0 Å². The summed E-state index contributed by atoms with van der Waals surface area (Å²) in [6.45, 7) is 5.53. The average molecular weight is 311 g/mol. The van der Waals surface area contributed by atoms with Gasteiger partial charge in [0.1, 0.15) is 0 Å². The van der Waals surface area contributed by atoms with Gasteiger partial charge in [-0.3, -0.25) is 4.90 Å². The van der Waals surface area contributed by atoms with Gasteiger partial charge in [0, 0.05) is 24.7 Å². The quantitative estimate of drug-likeness (QED) is 0.821. The zero-order valence-corrected chi connectivity index (χ0v) is 13.4. The Morgan fingerprint density at radius 3 is 2.95 bits per heavy atom. The molecule has 0 aliphatic carbocycles. The fourth-order valence-electron chi connectivity index (χ4n) is 2.50. The molecule has 0 spiro atoms. The van der Waals surface area contributed by atoms with Crippen LogP contribution in [0.25, 0.3) is 0 Å². The third-order valence-electron chi connectivity index (χ3n) is 3.92. The summed E-state index contributed by atoms with van der Waals surface area (Å²) in [4.78, 5) is 14.0. The van der Waals surface area contributed by atoms with Gasteiger partial charge in [0.05, 0.1) is 5.69 Å². The predicted octanol–water partition coefficient (Wildman–Crippen LogP) is 3.21. The third-order valence-corrected chi connectivity index (χ3v) is 4.16. The minimum absolute atomic E-state index is 0.0715. The van der Waals surface area contributed by atoms with Gasteiger partial charge in [0.2, 0.25) is 0 Å². The summed E-state index contributed by atoms with van der Waals surface area (Å²) in [5.74, 6) is 0. The number of aliphatic hydroxyl groups excluding tert-OH is 1. The Morgan fingerprint density at radius 1 is 1.48 bits per heavy atom. The SMILES string of the molecule is CC(C)(CO)CCCNC(=O)N1CCc2ccc(Cl)cc21. The first-order valence-corrected chi connectivity index (χ1v) is 7.75. The molecule has 0 radical (unpaired) electrons. The van der Waals surface area contributed by atoms with Crippen molar-refractivity contribution >= 4 is 23.3 Å². The van der Waals surface area contributed by atoms with Crippen LogP contribution in [0.4, 0.5) is 10.5 Å². The van der Waals surface area contributed by atoms with Crippen molar-refractivity contribution < 1.29 is 9.90 Å². The van der Waals surface area contributed by atoms with Gasteiger partial charge in [-0.25, -0.2) is 4.79 Å². The molecule has 5 heteroatoms. The molecule has 1 aromatic carbocycles. The van der Waals surface area contributed by atoms with Crippen molar-refractivity contribution in [2.24, 2.45) is 5.41 Å². The molecule has 2 N–H and O–H groups in total. The molecule has 2 amide bonds. The number of hydrogen-bond acceptors (Lipinski definition) is 2. The van der Waals surface area contributed by atoms with Gasteiger partial charge in [0.15, 0.2) is 0 Å². The van der Waals surface area contributed by atoms with Gasteiger partial charge in [-0.05, 0) is 42.4 Å². The van der Waals surface area contributed by atoms with E-state index in [1.165, 1.54) is 0 Å². The number of fused-ring (bicyclic) bond motifs is 1. The molecule has 2 rings (SSSR count). The second-order valence-electron chi connectivity index (χ2n) is 6.33. The zero-order chi connectivity index (χ0) is 15.5. The van der Waals surface area contributed by atoms with Crippen LogP contribution < -0.4 is 10.2 Å². The summed E-state index contributed by atoms with van der Waals surface area (Å²) >= 11 is 6.00. The number of carbonyl (C=O) groups is 1. The van der Waals surface area contributed by atoms with E-state index in [0.29, 0.717) is 18.1 Å². The molecule has 0 saturated heterocycles. The van der Waals surface area contributed by atoms with E-state index in [-0.39, 0.29) is 18.1 Å². The van der Waals surface area contributed by atoms with Crippen LogP contribution in [0.3, 0.4) is 0 Å². The second kappa shape index (κ2) is 6.67. The highest BCUT2D eigenvalue weighted by Gasteiger charge is 2.24. The second-order valence-corrected chi connectivity index (χ2v) is 6.77. The first kappa shape index (κ1) is 16.1. The summed E-state index contributed by atoms with van der Waals surface area (Å²) < 4.78 is 0. The van der Waals surface area contributed by atoms with E-state index >= 15 is 0 Å². The Balaban J connectivity index is 1.85. The number of halogens is 1. The van der Waals surface area contributed by atoms with Crippen molar-refractivity contribution in [3.05, 3.63) is 28.8 Å². The molecule has 1 heterocycles. The topological polar surface area (TPSA) is 52.6 Å². The fourth-order valence-corrected chi connectivity index (χ4v) is 2.67. The summed E-state index contributed by atoms with van der Waals surface area (Å²) in [6.07, 6.45) is 2.61. The third kappa shape index (κ3) is 4.11. The minimum atomic E-state index is -0.0848. The van der Waals surface area contributed by atoms with Crippen LogP contribution in [-0.4, -0.2) is 30.8 Å². The summed E-state index contributed by atoms with van der Waals surface area (Å²) in [5, 5.41) is 12.8. The van der Waals surface area contributed by atoms with Crippen LogP contribution >= 0.6 is 11.6 Å². The fraction of sp³-hybridized carbons (Fsp3) is 0.562. The highest BCUT2D eigenvalue weighted by atomic mass is 35.5. The molecular weight excluding hydrogens is 288 g/mol. The van der Waals surface area contributed by atoms with Crippen LogP contribution in [0.15, 0.2) is 18.2 Å². The first-order valence-electron chi connectivity index (χ1n) is 7.38. The minimum Gasteiger partial charge on any atom is -0.396 e. The number of urea groups is 1. The Labute approximate surface area is 131 Å². The van der Waals surface area contributed by atoms with E-state index < -0.39 is 0 Å². The molecule has 0 saturated carbocycles. The maximum atomic E-state index is 12.2. The average Bonchev–Trinajstić information content (AvgIpc) is 2.86. The smallest absolute Gasteiger partial charge is 0.321 e. The number of anilines is 1. The van der Waals surface area contributed by atoms with E-state index in [0.717, 1.165) is 30.5 Å². The van der Waals surface area contributed by atoms with E-state index in [2.05, 4.69) is 5.32 Å². The molecule has 0 bridgehead atoms. The largest absolute Gasteiger partial charge is 0.396 e. The molecule has 0 unspecified atom stereocenters. The number of aliphatic hydroxyl groups is 1. The summed E-state index contributed by atoms with van der Waals surface area (Å²) in [5.41, 5.74) is 1.99. The van der Waals surface area contributed by atoms with Crippen molar-refractivity contribution in [3.63, 3.8) is 0 Å². The molecule has 116 valence electrons. The molecule has 1 aromatic rings. The van der Waals surface area contributed by atoms with Crippen LogP contribution in [0.1, 0.15) is 32.3 Å². The Morgan fingerprint density at radius 2 is 2.24 bits per heavy atom. The predicted molar refractivity (Wildman–Crippen MR) is 86.0 cm³/mol. The molecule has 0 fully saturated rings. The number of rotatable bonds is 5. The normalized spacial score (nSPS) is 14.2. The lowest BCUT2D eigenvalue weighted by atomic mass is 9.89. The van der Waals surface area contributed by atoms with Crippen molar-refractivity contribution in [1.29, 1.82) is 0 Å². The van der Waals surface area contributed by atoms with E-state index in [4.69, 9.17) is 11.6 Å². The lowest BCUT2D eigenvalue weighted by molar-refractivity contribution is 0.148. The number of hydrogen-bond donors (Lipinski definition) is 2. The first-order chi connectivity index (χ1) is 9.93. The highest BCUT2D eigenvalue weighted by Crippen LogP contribution is 2.30. The van der Waals surface area contributed by atoms with Crippen LogP contribution in [0.5, 0.6) is 0 Å². The van der Waals surface area contributed by atoms with Crippen molar-refractivity contribution in [2.45, 2.75) is 33.1 Å².